The van der Waals surface area contributed by atoms with Crippen LogP contribution < -0.4 is 10.3 Å². The highest BCUT2D eigenvalue weighted by atomic mass is 32.2. The van der Waals surface area contributed by atoms with Crippen molar-refractivity contribution in [2.45, 2.75) is 17.8 Å². The van der Waals surface area contributed by atoms with Crippen molar-refractivity contribution in [1.29, 1.82) is 0 Å². The monoisotopic (exact) mass is 428 g/mol. The van der Waals surface area contributed by atoms with Gasteiger partial charge in [-0.15, -0.1) is 10.2 Å². The molecule has 2 heterocycles. The second-order valence-electron chi connectivity index (χ2n) is 7.19. The van der Waals surface area contributed by atoms with E-state index in [2.05, 4.69) is 29.3 Å². The van der Waals surface area contributed by atoms with Crippen molar-refractivity contribution in [3.05, 3.63) is 94.3 Å². The van der Waals surface area contributed by atoms with Gasteiger partial charge in [0.1, 0.15) is 5.75 Å². The van der Waals surface area contributed by atoms with Gasteiger partial charge in [-0.3, -0.25) is 9.20 Å². The third-order valence-electron chi connectivity index (χ3n) is 5.34. The molecular formula is C24H20N4O2S. The number of hydrogen-bond acceptors (Lipinski definition) is 5. The lowest BCUT2D eigenvalue weighted by Crippen LogP contribution is -2.21. The van der Waals surface area contributed by atoms with Crippen molar-refractivity contribution < 1.29 is 4.74 Å². The molecular weight excluding hydrogens is 408 g/mol. The quantitative estimate of drug-likeness (QED) is 0.382. The van der Waals surface area contributed by atoms with Gasteiger partial charge in [0, 0.05) is 5.75 Å². The van der Waals surface area contributed by atoms with Gasteiger partial charge in [-0.05, 0) is 54.4 Å². The maximum atomic E-state index is 13.4. The molecule has 0 N–H and O–H groups in total. The summed E-state index contributed by atoms with van der Waals surface area (Å²) in [5.41, 5.74) is 3.87. The van der Waals surface area contributed by atoms with Gasteiger partial charge in [0.15, 0.2) is 5.16 Å². The van der Waals surface area contributed by atoms with Crippen LogP contribution in [-0.4, -0.2) is 26.3 Å². The van der Waals surface area contributed by atoms with Crippen LogP contribution in [0.3, 0.4) is 0 Å². The van der Waals surface area contributed by atoms with Gasteiger partial charge in [0.05, 0.1) is 23.7 Å². The standard InChI is InChI=1S/C24H20N4O2S/c1-16-7-3-4-8-17(16)15-31-24-26-25-23-27(18-11-13-19(30-2)14-12-18)22(29)20-9-5-6-10-21(20)28(23)24/h3-14H,15H2,1-2H3. The van der Waals surface area contributed by atoms with Gasteiger partial charge in [0.25, 0.3) is 5.56 Å². The first-order valence-corrected chi connectivity index (χ1v) is 10.9. The molecule has 0 fully saturated rings. The second-order valence-corrected chi connectivity index (χ2v) is 8.13. The second kappa shape index (κ2) is 7.92. The Kier molecular flexibility index (Phi) is 4.95. The van der Waals surface area contributed by atoms with Crippen molar-refractivity contribution in [1.82, 2.24) is 19.2 Å². The highest BCUT2D eigenvalue weighted by molar-refractivity contribution is 7.98. The highest BCUT2D eigenvalue weighted by Crippen LogP contribution is 2.27. The van der Waals surface area contributed by atoms with Crippen LogP contribution in [0, 0.1) is 6.92 Å². The fourth-order valence-corrected chi connectivity index (χ4v) is 4.67. The van der Waals surface area contributed by atoms with Crippen LogP contribution in [0.5, 0.6) is 5.75 Å². The molecule has 0 amide bonds. The summed E-state index contributed by atoms with van der Waals surface area (Å²) in [4.78, 5) is 13.4. The highest BCUT2D eigenvalue weighted by Gasteiger charge is 2.18. The van der Waals surface area contributed by atoms with Crippen molar-refractivity contribution >= 4 is 28.4 Å². The molecule has 3 aromatic carbocycles. The van der Waals surface area contributed by atoms with Crippen molar-refractivity contribution in [2.75, 3.05) is 7.11 Å². The van der Waals surface area contributed by atoms with E-state index in [-0.39, 0.29) is 5.56 Å². The molecule has 31 heavy (non-hydrogen) atoms. The van der Waals surface area contributed by atoms with E-state index in [1.807, 2.05) is 65.1 Å². The fourth-order valence-electron chi connectivity index (χ4n) is 3.65. The Bertz CT molecular complexity index is 1450. The minimum atomic E-state index is -0.129. The van der Waals surface area contributed by atoms with E-state index >= 15 is 0 Å². The van der Waals surface area contributed by atoms with E-state index in [1.54, 1.807) is 23.4 Å². The number of benzene rings is 3. The smallest absolute Gasteiger partial charge is 0.267 e. The zero-order valence-electron chi connectivity index (χ0n) is 17.1. The van der Waals surface area contributed by atoms with E-state index < -0.39 is 0 Å². The first kappa shape index (κ1) is 19.4. The Morgan fingerprint density at radius 3 is 2.45 bits per heavy atom. The first-order valence-electron chi connectivity index (χ1n) is 9.88. The van der Waals surface area contributed by atoms with E-state index in [1.165, 1.54) is 11.1 Å². The summed E-state index contributed by atoms with van der Waals surface area (Å²) in [6.07, 6.45) is 0. The molecule has 0 aliphatic carbocycles. The van der Waals surface area contributed by atoms with E-state index in [4.69, 9.17) is 4.74 Å². The van der Waals surface area contributed by atoms with Gasteiger partial charge in [0.2, 0.25) is 5.78 Å². The molecule has 0 aliphatic rings. The van der Waals surface area contributed by atoms with Crippen LogP contribution in [-0.2, 0) is 5.75 Å². The van der Waals surface area contributed by atoms with Crippen molar-refractivity contribution in [2.24, 2.45) is 0 Å². The predicted octanol–water partition coefficient (Wildman–Crippen LogP) is 4.64. The number of rotatable bonds is 5. The number of methoxy groups -OCH3 is 1. The third-order valence-corrected chi connectivity index (χ3v) is 6.32. The van der Waals surface area contributed by atoms with Crippen LogP contribution in [0.15, 0.2) is 82.7 Å². The number of aryl methyl sites for hydroxylation is 1. The van der Waals surface area contributed by atoms with Crippen molar-refractivity contribution in [3.63, 3.8) is 0 Å². The Hall–Kier alpha value is -3.58. The Labute approximate surface area is 183 Å². The number of fused-ring (bicyclic) bond motifs is 3. The number of nitrogens with zero attached hydrogens (tertiary/aromatic N) is 4. The molecule has 0 bridgehead atoms. The summed E-state index contributed by atoms with van der Waals surface area (Å²) >= 11 is 1.61. The SMILES string of the molecule is COc1ccc(-n2c(=O)c3ccccc3n3c(SCc4ccccc4C)nnc23)cc1. The normalized spacial score (nSPS) is 11.3. The number of para-hydroxylation sites is 1. The topological polar surface area (TPSA) is 61.4 Å². The summed E-state index contributed by atoms with van der Waals surface area (Å²) in [7, 11) is 1.62. The molecule has 0 aliphatic heterocycles. The molecule has 5 aromatic rings. The number of thioether (sulfide) groups is 1. The Morgan fingerprint density at radius 1 is 0.935 bits per heavy atom. The molecule has 0 unspecified atom stereocenters. The van der Waals surface area contributed by atoms with Gasteiger partial charge in [-0.25, -0.2) is 4.57 Å². The largest absolute Gasteiger partial charge is 0.497 e. The third kappa shape index (κ3) is 3.37. The van der Waals surface area contributed by atoms with Gasteiger partial charge in [-0.2, -0.15) is 0 Å². The lowest BCUT2D eigenvalue weighted by molar-refractivity contribution is 0.414. The minimum Gasteiger partial charge on any atom is -0.497 e. The average molecular weight is 429 g/mol. The maximum Gasteiger partial charge on any atom is 0.267 e. The number of aromatic nitrogens is 4. The molecule has 5 rings (SSSR count). The lowest BCUT2D eigenvalue weighted by Gasteiger charge is -2.12. The van der Waals surface area contributed by atoms with Crippen molar-refractivity contribution in [3.8, 4) is 11.4 Å². The van der Waals surface area contributed by atoms with Crippen LogP contribution in [0.2, 0.25) is 0 Å². The lowest BCUT2D eigenvalue weighted by atomic mass is 10.1. The van der Waals surface area contributed by atoms with Gasteiger partial charge in [-0.1, -0.05) is 48.2 Å². The molecule has 0 saturated carbocycles. The molecule has 0 spiro atoms. The number of hydrogen-bond donors (Lipinski definition) is 0. The van der Waals surface area contributed by atoms with Gasteiger partial charge >= 0.3 is 0 Å². The summed E-state index contributed by atoms with van der Waals surface area (Å²) < 4.78 is 8.82. The molecule has 2 aromatic heterocycles. The van der Waals surface area contributed by atoms with Crippen LogP contribution in [0.1, 0.15) is 11.1 Å². The van der Waals surface area contributed by atoms with E-state index in [0.717, 1.165) is 22.2 Å². The van der Waals surface area contributed by atoms with E-state index in [0.29, 0.717) is 16.9 Å². The summed E-state index contributed by atoms with van der Waals surface area (Å²) in [5, 5.41) is 10.2. The zero-order chi connectivity index (χ0) is 21.4. The molecule has 0 atom stereocenters. The first-order chi connectivity index (χ1) is 15.2. The van der Waals surface area contributed by atoms with Crippen LogP contribution in [0.4, 0.5) is 0 Å². The van der Waals surface area contributed by atoms with Crippen LogP contribution >= 0.6 is 11.8 Å². The maximum absolute atomic E-state index is 13.4. The predicted molar refractivity (Wildman–Crippen MR) is 123 cm³/mol. The average Bonchev–Trinajstić information content (AvgIpc) is 3.23. The molecule has 0 radical (unpaired) electrons. The zero-order valence-corrected chi connectivity index (χ0v) is 18.0. The van der Waals surface area contributed by atoms with E-state index in [9.17, 15) is 4.79 Å². The summed E-state index contributed by atoms with van der Waals surface area (Å²) in [6.45, 7) is 2.11. The summed E-state index contributed by atoms with van der Waals surface area (Å²) in [6, 6.07) is 23.2. The van der Waals surface area contributed by atoms with Crippen LogP contribution in [0.25, 0.3) is 22.4 Å². The number of ether oxygens (including phenoxy) is 1. The fraction of sp³-hybridized carbons (Fsp3) is 0.125. The Balaban J connectivity index is 1.70. The molecule has 6 nitrogen and oxygen atoms in total. The minimum absolute atomic E-state index is 0.129. The molecule has 7 heteroatoms. The summed E-state index contributed by atoms with van der Waals surface area (Å²) in [5.74, 6) is 1.98. The Morgan fingerprint density at radius 2 is 1.68 bits per heavy atom. The molecule has 154 valence electrons. The van der Waals surface area contributed by atoms with Gasteiger partial charge < -0.3 is 4.74 Å². The molecule has 0 saturated heterocycles.